The van der Waals surface area contributed by atoms with Crippen LogP contribution in [-0.2, 0) is 0 Å². The number of aryl methyl sites for hydroxylation is 1. The van der Waals surface area contributed by atoms with Crippen molar-refractivity contribution in [2.75, 3.05) is 18.4 Å². The molecule has 4 heteroatoms. The van der Waals surface area contributed by atoms with Gasteiger partial charge < -0.3 is 5.32 Å². The van der Waals surface area contributed by atoms with Crippen LogP contribution in [0.15, 0.2) is 12.4 Å². The first-order valence-corrected chi connectivity index (χ1v) is 8.10. The molecule has 1 unspecified atom stereocenters. The Labute approximate surface area is 122 Å². The molecule has 1 aromatic heterocycles. The van der Waals surface area contributed by atoms with E-state index in [1.54, 1.807) is 6.20 Å². The van der Waals surface area contributed by atoms with Crippen LogP contribution in [0.5, 0.6) is 0 Å². The number of hydrogen-bond donors (Lipinski definition) is 1. The van der Waals surface area contributed by atoms with Gasteiger partial charge in [0.1, 0.15) is 5.82 Å². The largest absolute Gasteiger partial charge is 0.365 e. The molecule has 1 aliphatic heterocycles. The smallest absolute Gasteiger partial charge is 0.145 e. The average Bonchev–Trinajstić information content (AvgIpc) is 2.48. The molecule has 1 saturated carbocycles. The van der Waals surface area contributed by atoms with E-state index in [-0.39, 0.29) is 0 Å². The fourth-order valence-corrected chi connectivity index (χ4v) is 3.64. The monoisotopic (exact) mass is 274 g/mol. The fraction of sp³-hybridized carbons (Fsp3) is 0.750. The second kappa shape index (κ2) is 6.53. The van der Waals surface area contributed by atoms with Gasteiger partial charge in [0.2, 0.25) is 0 Å². The summed E-state index contributed by atoms with van der Waals surface area (Å²) in [5.74, 6) is 0.931. The van der Waals surface area contributed by atoms with Gasteiger partial charge in [-0.15, -0.1) is 0 Å². The van der Waals surface area contributed by atoms with Gasteiger partial charge in [0.25, 0.3) is 0 Å². The van der Waals surface area contributed by atoms with Gasteiger partial charge in [-0.1, -0.05) is 19.3 Å². The minimum absolute atomic E-state index is 0.529. The zero-order valence-corrected chi connectivity index (χ0v) is 12.5. The second-order valence-electron chi connectivity index (χ2n) is 6.32. The van der Waals surface area contributed by atoms with E-state index < -0.39 is 0 Å². The van der Waals surface area contributed by atoms with Crippen LogP contribution in [0.1, 0.15) is 50.6 Å². The van der Waals surface area contributed by atoms with Crippen molar-refractivity contribution in [2.24, 2.45) is 0 Å². The topological polar surface area (TPSA) is 41.1 Å². The van der Waals surface area contributed by atoms with Crippen LogP contribution >= 0.6 is 0 Å². The third-order valence-corrected chi connectivity index (χ3v) is 4.65. The number of aromatic nitrogens is 2. The maximum Gasteiger partial charge on any atom is 0.145 e. The van der Waals surface area contributed by atoms with Gasteiger partial charge in [0.15, 0.2) is 0 Å². The molecule has 1 atom stereocenters. The molecule has 2 heterocycles. The summed E-state index contributed by atoms with van der Waals surface area (Å²) in [5.41, 5.74) is 0.981. The summed E-state index contributed by atoms with van der Waals surface area (Å²) in [6, 6.07) is 1.36. The summed E-state index contributed by atoms with van der Waals surface area (Å²) >= 11 is 0. The molecule has 0 spiro atoms. The molecule has 1 aliphatic carbocycles. The van der Waals surface area contributed by atoms with Crippen LogP contribution in [0.4, 0.5) is 5.82 Å². The predicted octanol–water partition coefficient (Wildman–Crippen LogP) is 2.99. The number of rotatable bonds is 3. The summed E-state index contributed by atoms with van der Waals surface area (Å²) in [4.78, 5) is 11.4. The van der Waals surface area contributed by atoms with Gasteiger partial charge in [-0.05, 0) is 39.2 Å². The molecule has 1 N–H and O–H groups in total. The molecular formula is C16H26N4. The fourth-order valence-electron chi connectivity index (χ4n) is 3.64. The third-order valence-electron chi connectivity index (χ3n) is 4.65. The van der Waals surface area contributed by atoms with Crippen LogP contribution in [0, 0.1) is 6.92 Å². The Balaban J connectivity index is 1.57. The maximum absolute atomic E-state index is 4.51. The van der Waals surface area contributed by atoms with Crippen molar-refractivity contribution >= 4 is 5.82 Å². The highest BCUT2D eigenvalue weighted by Gasteiger charge is 2.26. The lowest BCUT2D eigenvalue weighted by molar-refractivity contribution is 0.124. The molecule has 0 aromatic carbocycles. The summed E-state index contributed by atoms with van der Waals surface area (Å²) in [6.45, 7) is 4.44. The first-order valence-electron chi connectivity index (χ1n) is 8.10. The molecule has 4 nitrogen and oxygen atoms in total. The van der Waals surface area contributed by atoms with Crippen molar-refractivity contribution in [3.63, 3.8) is 0 Å². The van der Waals surface area contributed by atoms with Gasteiger partial charge in [0.05, 0.1) is 11.9 Å². The van der Waals surface area contributed by atoms with Crippen molar-refractivity contribution in [2.45, 2.75) is 64.0 Å². The number of likely N-dealkylation sites (tertiary alicyclic amines) is 1. The van der Waals surface area contributed by atoms with Gasteiger partial charge in [-0.25, -0.2) is 4.98 Å². The molecule has 1 aromatic rings. The number of piperidine rings is 1. The average molecular weight is 274 g/mol. The van der Waals surface area contributed by atoms with Crippen molar-refractivity contribution in [1.82, 2.24) is 14.9 Å². The Hall–Kier alpha value is -1.16. The molecule has 1 saturated heterocycles. The first kappa shape index (κ1) is 13.8. The Kier molecular flexibility index (Phi) is 4.51. The van der Waals surface area contributed by atoms with Crippen molar-refractivity contribution in [3.8, 4) is 0 Å². The molecule has 20 heavy (non-hydrogen) atoms. The van der Waals surface area contributed by atoms with E-state index in [4.69, 9.17) is 0 Å². The van der Waals surface area contributed by atoms with Crippen molar-refractivity contribution < 1.29 is 0 Å². The Morgan fingerprint density at radius 2 is 1.95 bits per heavy atom. The molecule has 0 radical (unpaired) electrons. The number of hydrogen-bond acceptors (Lipinski definition) is 4. The Morgan fingerprint density at radius 3 is 2.75 bits per heavy atom. The lowest BCUT2D eigenvalue weighted by atomic mass is 9.92. The normalized spacial score (nSPS) is 25.6. The van der Waals surface area contributed by atoms with Gasteiger partial charge >= 0.3 is 0 Å². The maximum atomic E-state index is 4.51. The lowest BCUT2D eigenvalue weighted by Crippen LogP contribution is -2.47. The summed E-state index contributed by atoms with van der Waals surface area (Å²) in [5, 5.41) is 3.58. The van der Waals surface area contributed by atoms with Gasteiger partial charge in [-0.2, -0.15) is 0 Å². The highest BCUT2D eigenvalue weighted by molar-refractivity contribution is 5.33. The highest BCUT2D eigenvalue weighted by atomic mass is 15.2. The number of anilines is 1. The van der Waals surface area contributed by atoms with E-state index in [1.807, 2.05) is 13.1 Å². The van der Waals surface area contributed by atoms with E-state index in [2.05, 4.69) is 20.2 Å². The SMILES string of the molecule is Cc1cncc(NC2CCCN(C3CCCCC3)C2)n1. The van der Waals surface area contributed by atoms with Gasteiger partial charge in [-0.3, -0.25) is 9.88 Å². The molecule has 0 bridgehead atoms. The number of nitrogens with zero attached hydrogens (tertiary/aromatic N) is 3. The molecule has 3 rings (SSSR count). The predicted molar refractivity (Wildman–Crippen MR) is 81.9 cm³/mol. The van der Waals surface area contributed by atoms with E-state index in [0.717, 1.165) is 17.6 Å². The summed E-state index contributed by atoms with van der Waals surface area (Å²) in [6.07, 6.45) is 13.3. The van der Waals surface area contributed by atoms with Crippen LogP contribution in [0.3, 0.4) is 0 Å². The quantitative estimate of drug-likeness (QED) is 0.920. The lowest BCUT2D eigenvalue weighted by Gasteiger charge is -2.40. The van der Waals surface area contributed by atoms with Crippen LogP contribution in [0.25, 0.3) is 0 Å². The summed E-state index contributed by atoms with van der Waals surface area (Å²) in [7, 11) is 0. The standard InChI is InChI=1S/C16H26N4/c1-13-10-17-11-16(18-13)19-14-6-5-9-20(12-14)15-7-3-2-4-8-15/h10-11,14-15H,2-9,12H2,1H3,(H,18,19). The zero-order valence-electron chi connectivity index (χ0n) is 12.5. The van der Waals surface area contributed by atoms with E-state index >= 15 is 0 Å². The second-order valence-corrected chi connectivity index (χ2v) is 6.32. The van der Waals surface area contributed by atoms with Crippen LogP contribution < -0.4 is 5.32 Å². The zero-order chi connectivity index (χ0) is 13.8. The molecule has 2 aliphatic rings. The van der Waals surface area contributed by atoms with Crippen LogP contribution in [-0.4, -0.2) is 40.0 Å². The molecule has 0 amide bonds. The minimum atomic E-state index is 0.529. The van der Waals surface area contributed by atoms with Gasteiger partial charge in [0, 0.05) is 24.8 Å². The van der Waals surface area contributed by atoms with Crippen LogP contribution in [0.2, 0.25) is 0 Å². The highest BCUT2D eigenvalue weighted by Crippen LogP contribution is 2.26. The minimum Gasteiger partial charge on any atom is -0.365 e. The van der Waals surface area contributed by atoms with Crippen molar-refractivity contribution in [1.29, 1.82) is 0 Å². The van der Waals surface area contributed by atoms with Crippen molar-refractivity contribution in [3.05, 3.63) is 18.1 Å². The Bertz CT molecular complexity index is 428. The third kappa shape index (κ3) is 3.48. The molecule has 110 valence electrons. The molecule has 2 fully saturated rings. The van der Waals surface area contributed by atoms with E-state index in [1.165, 1.54) is 58.0 Å². The number of nitrogens with one attached hydrogen (secondary N) is 1. The summed E-state index contributed by atoms with van der Waals surface area (Å²) < 4.78 is 0. The molecular weight excluding hydrogens is 248 g/mol. The van der Waals surface area contributed by atoms with E-state index in [0.29, 0.717) is 6.04 Å². The first-order chi connectivity index (χ1) is 9.81. The van der Waals surface area contributed by atoms with E-state index in [9.17, 15) is 0 Å². The Morgan fingerprint density at radius 1 is 1.10 bits per heavy atom.